The zero-order chi connectivity index (χ0) is 12.8. The maximum Gasteiger partial charge on any atom is 0.0564 e. The van der Waals surface area contributed by atoms with Crippen molar-refractivity contribution in [3.63, 3.8) is 0 Å². The Bertz CT molecular complexity index is 375. The Morgan fingerprint density at radius 1 is 1.53 bits per heavy atom. The SMILES string of the molecule is CCC(=Cc1cnn(C)c1C)CNCC(C)C. The number of rotatable bonds is 6. The fourth-order valence-corrected chi connectivity index (χ4v) is 1.68. The summed E-state index contributed by atoms with van der Waals surface area (Å²) in [6.45, 7) is 10.8. The molecule has 3 heteroatoms. The lowest BCUT2D eigenvalue weighted by atomic mass is 10.1. The number of aromatic nitrogens is 2. The summed E-state index contributed by atoms with van der Waals surface area (Å²) in [7, 11) is 1.98. The van der Waals surface area contributed by atoms with Crippen LogP contribution in [0.5, 0.6) is 0 Å². The standard InChI is InChI=1S/C14H25N3/c1-6-13(9-15-8-11(2)3)7-14-10-16-17(5)12(14)4/h7,10-11,15H,6,8-9H2,1-5H3. The number of aryl methyl sites for hydroxylation is 1. The second-order valence-electron chi connectivity index (χ2n) is 4.99. The highest BCUT2D eigenvalue weighted by Gasteiger charge is 2.02. The molecule has 0 aliphatic heterocycles. The first-order valence-electron chi connectivity index (χ1n) is 6.43. The number of nitrogens with one attached hydrogen (secondary N) is 1. The third kappa shape index (κ3) is 4.35. The molecule has 0 aromatic carbocycles. The smallest absolute Gasteiger partial charge is 0.0564 e. The summed E-state index contributed by atoms with van der Waals surface area (Å²) < 4.78 is 1.92. The van der Waals surface area contributed by atoms with Gasteiger partial charge in [0.2, 0.25) is 0 Å². The molecule has 1 N–H and O–H groups in total. The quantitative estimate of drug-likeness (QED) is 0.821. The molecule has 0 saturated carbocycles. The summed E-state index contributed by atoms with van der Waals surface area (Å²) in [4.78, 5) is 0. The maximum absolute atomic E-state index is 4.26. The molecule has 0 atom stereocenters. The van der Waals surface area contributed by atoms with Crippen LogP contribution in [0, 0.1) is 12.8 Å². The molecule has 1 rings (SSSR count). The fourth-order valence-electron chi connectivity index (χ4n) is 1.68. The molecule has 1 aromatic rings. The van der Waals surface area contributed by atoms with Gasteiger partial charge in [-0.15, -0.1) is 0 Å². The number of nitrogens with zero attached hydrogens (tertiary/aromatic N) is 2. The molecular formula is C14H25N3. The highest BCUT2D eigenvalue weighted by atomic mass is 15.3. The van der Waals surface area contributed by atoms with Crippen molar-refractivity contribution in [2.45, 2.75) is 34.1 Å². The van der Waals surface area contributed by atoms with Crippen molar-refractivity contribution >= 4 is 6.08 Å². The summed E-state index contributed by atoms with van der Waals surface area (Å²) in [5.74, 6) is 0.702. The Labute approximate surface area is 105 Å². The van der Waals surface area contributed by atoms with Crippen molar-refractivity contribution in [2.75, 3.05) is 13.1 Å². The first-order chi connectivity index (χ1) is 8.04. The van der Waals surface area contributed by atoms with Gasteiger partial charge in [0, 0.05) is 24.8 Å². The zero-order valence-corrected chi connectivity index (χ0v) is 11.7. The Morgan fingerprint density at radius 3 is 2.71 bits per heavy atom. The van der Waals surface area contributed by atoms with Crippen LogP contribution in [0.25, 0.3) is 6.08 Å². The molecule has 1 heterocycles. The Hall–Kier alpha value is -1.09. The van der Waals surface area contributed by atoms with Crippen LogP contribution in [-0.2, 0) is 7.05 Å². The van der Waals surface area contributed by atoms with Gasteiger partial charge in [-0.25, -0.2) is 0 Å². The van der Waals surface area contributed by atoms with Gasteiger partial charge in [-0.1, -0.05) is 32.4 Å². The van der Waals surface area contributed by atoms with Crippen molar-refractivity contribution in [2.24, 2.45) is 13.0 Å². The van der Waals surface area contributed by atoms with Crippen LogP contribution in [0.3, 0.4) is 0 Å². The molecular weight excluding hydrogens is 210 g/mol. The van der Waals surface area contributed by atoms with Crippen LogP contribution >= 0.6 is 0 Å². The van der Waals surface area contributed by atoms with Gasteiger partial charge in [0.1, 0.15) is 0 Å². The van der Waals surface area contributed by atoms with E-state index in [1.807, 2.05) is 17.9 Å². The third-order valence-electron chi connectivity index (χ3n) is 2.99. The Morgan fingerprint density at radius 2 is 2.24 bits per heavy atom. The van der Waals surface area contributed by atoms with Gasteiger partial charge in [0.25, 0.3) is 0 Å². The van der Waals surface area contributed by atoms with Crippen LogP contribution < -0.4 is 5.32 Å². The van der Waals surface area contributed by atoms with E-state index in [0.29, 0.717) is 5.92 Å². The Balaban J connectivity index is 2.63. The molecule has 0 aliphatic carbocycles. The van der Waals surface area contributed by atoms with E-state index >= 15 is 0 Å². The Kier molecular flexibility index (Phi) is 5.42. The molecule has 0 spiro atoms. The highest BCUT2D eigenvalue weighted by Crippen LogP contribution is 2.12. The first-order valence-corrected chi connectivity index (χ1v) is 6.43. The minimum absolute atomic E-state index is 0.702. The first kappa shape index (κ1) is 14.0. The minimum Gasteiger partial charge on any atom is -0.313 e. The van der Waals surface area contributed by atoms with Gasteiger partial charge >= 0.3 is 0 Å². The van der Waals surface area contributed by atoms with Crippen LogP contribution in [0.2, 0.25) is 0 Å². The van der Waals surface area contributed by atoms with Crippen LogP contribution in [-0.4, -0.2) is 22.9 Å². The van der Waals surface area contributed by atoms with E-state index < -0.39 is 0 Å². The van der Waals surface area contributed by atoms with Gasteiger partial charge in [0.15, 0.2) is 0 Å². The molecule has 1 aromatic heterocycles. The lowest BCUT2D eigenvalue weighted by molar-refractivity contribution is 0.569. The zero-order valence-electron chi connectivity index (χ0n) is 11.7. The summed E-state index contributed by atoms with van der Waals surface area (Å²) >= 11 is 0. The predicted octanol–water partition coefficient (Wildman–Crippen LogP) is 2.77. The normalized spacial score (nSPS) is 12.5. The molecule has 96 valence electrons. The van der Waals surface area contributed by atoms with Gasteiger partial charge in [-0.3, -0.25) is 4.68 Å². The van der Waals surface area contributed by atoms with Gasteiger partial charge in [0.05, 0.1) is 6.20 Å². The molecule has 0 amide bonds. The summed E-state index contributed by atoms with van der Waals surface area (Å²) in [5.41, 5.74) is 3.89. The molecule has 0 saturated heterocycles. The largest absolute Gasteiger partial charge is 0.313 e. The van der Waals surface area contributed by atoms with E-state index in [9.17, 15) is 0 Å². The molecule has 0 fully saturated rings. The fraction of sp³-hybridized carbons (Fsp3) is 0.643. The highest BCUT2D eigenvalue weighted by molar-refractivity contribution is 5.54. The van der Waals surface area contributed by atoms with Crippen LogP contribution in [0.4, 0.5) is 0 Å². The lowest BCUT2D eigenvalue weighted by Gasteiger charge is -2.09. The van der Waals surface area contributed by atoms with Crippen molar-refractivity contribution in [3.05, 3.63) is 23.0 Å². The second-order valence-corrected chi connectivity index (χ2v) is 4.99. The van der Waals surface area contributed by atoms with E-state index in [4.69, 9.17) is 0 Å². The third-order valence-corrected chi connectivity index (χ3v) is 2.99. The average Bonchev–Trinajstić information content (AvgIpc) is 2.59. The van der Waals surface area contributed by atoms with Crippen molar-refractivity contribution in [3.8, 4) is 0 Å². The lowest BCUT2D eigenvalue weighted by Crippen LogP contribution is -2.21. The number of hydrogen-bond acceptors (Lipinski definition) is 2. The summed E-state index contributed by atoms with van der Waals surface area (Å²) in [5, 5.41) is 7.75. The van der Waals surface area contributed by atoms with E-state index in [-0.39, 0.29) is 0 Å². The molecule has 0 aliphatic rings. The van der Waals surface area contributed by atoms with Crippen LogP contribution in [0.15, 0.2) is 11.8 Å². The molecule has 0 unspecified atom stereocenters. The van der Waals surface area contributed by atoms with Crippen molar-refractivity contribution in [1.82, 2.24) is 15.1 Å². The van der Waals surface area contributed by atoms with E-state index in [0.717, 1.165) is 19.5 Å². The maximum atomic E-state index is 4.26. The molecule has 3 nitrogen and oxygen atoms in total. The topological polar surface area (TPSA) is 29.9 Å². The van der Waals surface area contributed by atoms with E-state index in [2.05, 4.69) is 44.2 Å². The molecule has 0 radical (unpaired) electrons. The summed E-state index contributed by atoms with van der Waals surface area (Å²) in [6.07, 6.45) is 5.28. The summed E-state index contributed by atoms with van der Waals surface area (Å²) in [6, 6.07) is 0. The molecule has 0 bridgehead atoms. The van der Waals surface area contributed by atoms with E-state index in [1.54, 1.807) is 0 Å². The van der Waals surface area contributed by atoms with Gasteiger partial charge < -0.3 is 5.32 Å². The van der Waals surface area contributed by atoms with Crippen molar-refractivity contribution < 1.29 is 0 Å². The van der Waals surface area contributed by atoms with Gasteiger partial charge in [-0.05, 0) is 25.8 Å². The average molecular weight is 235 g/mol. The van der Waals surface area contributed by atoms with Crippen molar-refractivity contribution in [1.29, 1.82) is 0 Å². The van der Waals surface area contributed by atoms with E-state index in [1.165, 1.54) is 16.8 Å². The van der Waals surface area contributed by atoms with Crippen LogP contribution in [0.1, 0.15) is 38.4 Å². The molecule has 17 heavy (non-hydrogen) atoms. The second kappa shape index (κ2) is 6.60. The predicted molar refractivity (Wildman–Crippen MR) is 73.9 cm³/mol. The van der Waals surface area contributed by atoms with Gasteiger partial charge in [-0.2, -0.15) is 5.10 Å². The monoisotopic (exact) mass is 235 g/mol. The minimum atomic E-state index is 0.702. The number of hydrogen-bond donors (Lipinski definition) is 1.